The maximum absolute atomic E-state index is 6.07. The molecule has 0 fully saturated rings. The topological polar surface area (TPSA) is 0 Å². The van der Waals surface area contributed by atoms with Gasteiger partial charge in [-0.2, -0.15) is 0 Å². The maximum atomic E-state index is 6.07. The van der Waals surface area contributed by atoms with Crippen LogP contribution in [0.4, 0.5) is 0 Å². The van der Waals surface area contributed by atoms with Crippen molar-refractivity contribution in [3.8, 4) is 0 Å². The van der Waals surface area contributed by atoms with Crippen molar-refractivity contribution in [2.75, 3.05) is 4.10 Å². The second-order valence-corrected chi connectivity index (χ2v) is 10.1. The fraction of sp³-hybridized carbons (Fsp3) is 0.273. The molecule has 13 heavy (non-hydrogen) atoms. The standard InChI is InChI=1S/2C5H5.CH2Cl.Nb/c2*1-2-4-5-3-1;1-2;/h2*1-3H,4H2;1H2;. The van der Waals surface area contributed by atoms with Gasteiger partial charge >= 0.3 is 91.0 Å². The minimum atomic E-state index is -1.41. The van der Waals surface area contributed by atoms with Gasteiger partial charge in [0.2, 0.25) is 0 Å². The molecule has 0 N–H and O–H groups in total. The first kappa shape index (κ1) is 9.54. The van der Waals surface area contributed by atoms with Gasteiger partial charge in [0.15, 0.2) is 0 Å². The van der Waals surface area contributed by atoms with E-state index in [4.69, 9.17) is 11.6 Å². The van der Waals surface area contributed by atoms with Gasteiger partial charge in [-0.1, -0.05) is 0 Å². The Morgan fingerprint density at radius 2 is 1.62 bits per heavy atom. The second-order valence-electron chi connectivity index (χ2n) is 3.13. The molecular formula is C11H12ClNb. The summed E-state index contributed by atoms with van der Waals surface area (Å²) in [7, 11) is 0. The summed E-state index contributed by atoms with van der Waals surface area (Å²) in [5, 5.41) is 0. The number of hydrogen-bond acceptors (Lipinski definition) is 0. The Labute approximate surface area is 90.8 Å². The van der Waals surface area contributed by atoms with E-state index >= 15 is 0 Å². The molecule has 0 radical (unpaired) electrons. The summed E-state index contributed by atoms with van der Waals surface area (Å²) < 4.78 is 4.19. The summed E-state index contributed by atoms with van der Waals surface area (Å²) in [5.41, 5.74) is 0. The van der Waals surface area contributed by atoms with E-state index in [0.717, 1.165) is 16.9 Å². The first-order valence-electron chi connectivity index (χ1n) is 4.46. The number of rotatable bonds is 3. The van der Waals surface area contributed by atoms with Gasteiger partial charge in [-0.25, -0.2) is 0 Å². The Balaban J connectivity index is 2.09. The third kappa shape index (κ3) is 2.08. The number of allylic oxidation sites excluding steroid dienone is 8. The third-order valence-corrected chi connectivity index (χ3v) is 9.36. The van der Waals surface area contributed by atoms with E-state index in [0.29, 0.717) is 0 Å². The molecule has 0 aromatic carbocycles. The molecule has 0 aliphatic heterocycles. The predicted octanol–water partition coefficient (Wildman–Crippen LogP) is 3.49. The summed E-state index contributed by atoms with van der Waals surface area (Å²) in [6, 6.07) is 0. The molecule has 0 aromatic heterocycles. The van der Waals surface area contributed by atoms with Crippen molar-refractivity contribution in [1.29, 1.82) is 0 Å². The molecular weight excluding hydrogens is 260 g/mol. The van der Waals surface area contributed by atoms with Crippen LogP contribution in [0.2, 0.25) is 0 Å². The van der Waals surface area contributed by atoms with E-state index in [1.165, 1.54) is 0 Å². The van der Waals surface area contributed by atoms with E-state index in [-0.39, 0.29) is 0 Å². The van der Waals surface area contributed by atoms with E-state index in [1.807, 2.05) is 0 Å². The summed E-state index contributed by atoms with van der Waals surface area (Å²) in [6.07, 6.45) is 15.7. The Hall–Kier alpha value is -0.00974. The zero-order chi connectivity index (χ0) is 9.10. The Morgan fingerprint density at radius 1 is 1.08 bits per heavy atom. The molecule has 68 valence electrons. The van der Waals surface area contributed by atoms with Crippen LogP contribution >= 0.6 is 11.6 Å². The predicted molar refractivity (Wildman–Crippen MR) is 54.4 cm³/mol. The van der Waals surface area contributed by atoms with Crippen molar-refractivity contribution in [2.45, 2.75) is 12.8 Å². The molecule has 2 heteroatoms. The molecule has 0 bridgehead atoms. The van der Waals surface area contributed by atoms with Crippen LogP contribution in [0.15, 0.2) is 44.0 Å². The van der Waals surface area contributed by atoms with Crippen LogP contribution in [-0.4, -0.2) is 4.10 Å². The average molecular weight is 273 g/mol. The van der Waals surface area contributed by atoms with Crippen LogP contribution in [0.25, 0.3) is 0 Å². The van der Waals surface area contributed by atoms with Crippen molar-refractivity contribution in [1.82, 2.24) is 0 Å². The van der Waals surface area contributed by atoms with Crippen LogP contribution in [-0.2, 0) is 18.4 Å². The summed E-state index contributed by atoms with van der Waals surface area (Å²) in [6.45, 7) is 0. The monoisotopic (exact) mass is 272 g/mol. The van der Waals surface area contributed by atoms with Crippen LogP contribution in [0, 0.1) is 0 Å². The van der Waals surface area contributed by atoms with Crippen LogP contribution in [0.3, 0.4) is 0 Å². The minimum absolute atomic E-state index is 0.893. The molecule has 0 atom stereocenters. The summed E-state index contributed by atoms with van der Waals surface area (Å²) in [5.74, 6) is 0. The van der Waals surface area contributed by atoms with Crippen molar-refractivity contribution in [3.05, 3.63) is 44.0 Å². The van der Waals surface area contributed by atoms with E-state index in [1.54, 1.807) is 7.58 Å². The fourth-order valence-corrected chi connectivity index (χ4v) is 8.00. The fourth-order valence-electron chi connectivity index (χ4n) is 1.61. The molecule has 0 saturated carbocycles. The molecule has 0 amide bonds. The number of halogens is 1. The zero-order valence-corrected chi connectivity index (χ0v) is 10.4. The normalized spacial score (nSPS) is 19.8. The molecule has 0 saturated heterocycles. The van der Waals surface area contributed by atoms with Crippen molar-refractivity contribution < 1.29 is 18.4 Å². The Morgan fingerprint density at radius 3 is 1.92 bits per heavy atom. The first-order chi connectivity index (χ1) is 6.42. The van der Waals surface area contributed by atoms with Gasteiger partial charge in [0.1, 0.15) is 0 Å². The quantitative estimate of drug-likeness (QED) is 0.545. The van der Waals surface area contributed by atoms with Gasteiger partial charge in [-0.3, -0.25) is 0 Å². The van der Waals surface area contributed by atoms with Crippen LogP contribution in [0.1, 0.15) is 12.8 Å². The van der Waals surface area contributed by atoms with Crippen molar-refractivity contribution in [3.63, 3.8) is 0 Å². The van der Waals surface area contributed by atoms with Gasteiger partial charge in [-0.05, 0) is 0 Å². The van der Waals surface area contributed by atoms with E-state index < -0.39 is 18.4 Å². The van der Waals surface area contributed by atoms with Crippen molar-refractivity contribution in [2.24, 2.45) is 0 Å². The van der Waals surface area contributed by atoms with Gasteiger partial charge in [0.25, 0.3) is 0 Å². The molecule has 2 rings (SSSR count). The summed E-state index contributed by atoms with van der Waals surface area (Å²) >= 11 is 4.66. The SMILES string of the molecule is Cl[CH2][Nb]([C]1=CC=CC1)[C]1=CC=CC1. The molecule has 2 aliphatic carbocycles. The van der Waals surface area contributed by atoms with Gasteiger partial charge in [0.05, 0.1) is 0 Å². The number of hydrogen-bond donors (Lipinski definition) is 0. The number of alkyl halides is 1. The molecule has 0 nitrogen and oxygen atoms in total. The van der Waals surface area contributed by atoms with E-state index in [9.17, 15) is 0 Å². The Kier molecular flexibility index (Phi) is 3.28. The van der Waals surface area contributed by atoms with E-state index in [2.05, 4.69) is 36.5 Å². The van der Waals surface area contributed by atoms with Gasteiger partial charge < -0.3 is 0 Å². The molecule has 0 spiro atoms. The molecule has 2 aliphatic rings. The van der Waals surface area contributed by atoms with Gasteiger partial charge in [-0.15, -0.1) is 0 Å². The van der Waals surface area contributed by atoms with Crippen LogP contribution in [0.5, 0.6) is 0 Å². The molecule has 0 aromatic rings. The molecule has 0 unspecified atom stereocenters. The Bertz CT molecular complexity index is 280. The average Bonchev–Trinajstić information content (AvgIpc) is 2.76. The van der Waals surface area contributed by atoms with Crippen LogP contribution < -0.4 is 0 Å². The third-order valence-electron chi connectivity index (χ3n) is 2.32. The second kappa shape index (κ2) is 4.47. The van der Waals surface area contributed by atoms with Gasteiger partial charge in [0, 0.05) is 0 Å². The summed E-state index contributed by atoms with van der Waals surface area (Å²) in [4.78, 5) is 0. The zero-order valence-electron chi connectivity index (χ0n) is 7.41. The first-order valence-corrected chi connectivity index (χ1v) is 8.75. The molecule has 0 heterocycles. The van der Waals surface area contributed by atoms with Crippen molar-refractivity contribution >= 4 is 11.6 Å².